The van der Waals surface area contributed by atoms with Crippen molar-refractivity contribution in [2.45, 2.75) is 12.7 Å². The van der Waals surface area contributed by atoms with Crippen LogP contribution in [0.2, 0.25) is 0 Å². The van der Waals surface area contributed by atoms with Crippen molar-refractivity contribution in [3.05, 3.63) is 60.2 Å². The number of benzene rings is 2. The van der Waals surface area contributed by atoms with E-state index in [1.165, 1.54) is 7.11 Å². The third-order valence-corrected chi connectivity index (χ3v) is 3.16. The summed E-state index contributed by atoms with van der Waals surface area (Å²) in [5.41, 5.74) is 1.03. The first kappa shape index (κ1) is 16.8. The standard InChI is InChI=1S/C18H20O5/c1-20-15-9-6-10-16(11-15)23-17(18(19)21-2)13-22-12-14-7-4-3-5-8-14/h3-11,17H,12-13H2,1-2H3. The van der Waals surface area contributed by atoms with E-state index in [0.717, 1.165) is 5.56 Å². The van der Waals surface area contributed by atoms with Gasteiger partial charge in [-0.05, 0) is 17.7 Å². The summed E-state index contributed by atoms with van der Waals surface area (Å²) in [6, 6.07) is 16.7. The zero-order chi connectivity index (χ0) is 16.5. The fourth-order valence-corrected chi connectivity index (χ4v) is 1.98. The Labute approximate surface area is 135 Å². The predicted molar refractivity (Wildman–Crippen MR) is 85.5 cm³/mol. The second-order valence-electron chi connectivity index (χ2n) is 4.81. The second kappa shape index (κ2) is 8.80. The summed E-state index contributed by atoms with van der Waals surface area (Å²) in [4.78, 5) is 11.9. The highest BCUT2D eigenvalue weighted by molar-refractivity contribution is 5.75. The summed E-state index contributed by atoms with van der Waals surface area (Å²) in [6.45, 7) is 0.495. The van der Waals surface area contributed by atoms with Gasteiger partial charge in [-0.3, -0.25) is 0 Å². The number of ether oxygens (including phenoxy) is 4. The Morgan fingerprint density at radius 2 is 1.74 bits per heavy atom. The average molecular weight is 316 g/mol. The fraction of sp³-hybridized carbons (Fsp3) is 0.278. The summed E-state index contributed by atoms with van der Waals surface area (Å²) < 4.78 is 21.1. The number of carbonyl (C=O) groups excluding carboxylic acids is 1. The Hall–Kier alpha value is -2.53. The monoisotopic (exact) mass is 316 g/mol. The van der Waals surface area contributed by atoms with E-state index in [2.05, 4.69) is 0 Å². The van der Waals surface area contributed by atoms with Crippen molar-refractivity contribution < 1.29 is 23.7 Å². The molecule has 0 saturated heterocycles. The van der Waals surface area contributed by atoms with Crippen LogP contribution in [0.25, 0.3) is 0 Å². The van der Waals surface area contributed by atoms with Crippen molar-refractivity contribution in [2.24, 2.45) is 0 Å². The third-order valence-electron chi connectivity index (χ3n) is 3.16. The number of rotatable bonds is 8. The van der Waals surface area contributed by atoms with Gasteiger partial charge in [-0.2, -0.15) is 0 Å². The largest absolute Gasteiger partial charge is 0.497 e. The summed E-state index contributed by atoms with van der Waals surface area (Å²) >= 11 is 0. The summed E-state index contributed by atoms with van der Waals surface area (Å²) in [5, 5.41) is 0. The predicted octanol–water partition coefficient (Wildman–Crippen LogP) is 2.83. The molecule has 0 aliphatic carbocycles. The molecule has 0 saturated carbocycles. The van der Waals surface area contributed by atoms with Crippen molar-refractivity contribution in [3.8, 4) is 11.5 Å². The Morgan fingerprint density at radius 3 is 2.43 bits per heavy atom. The van der Waals surface area contributed by atoms with Crippen molar-refractivity contribution in [2.75, 3.05) is 20.8 Å². The van der Waals surface area contributed by atoms with Crippen LogP contribution in [0.5, 0.6) is 11.5 Å². The first-order valence-corrected chi connectivity index (χ1v) is 7.23. The molecule has 0 spiro atoms. The van der Waals surface area contributed by atoms with E-state index in [9.17, 15) is 4.79 Å². The molecule has 0 heterocycles. The molecule has 0 aliphatic rings. The zero-order valence-corrected chi connectivity index (χ0v) is 13.2. The molecule has 5 nitrogen and oxygen atoms in total. The van der Waals surface area contributed by atoms with Gasteiger partial charge in [-0.25, -0.2) is 4.79 Å². The maximum absolute atomic E-state index is 11.9. The first-order valence-electron chi connectivity index (χ1n) is 7.23. The van der Waals surface area contributed by atoms with Crippen LogP contribution in [0.1, 0.15) is 5.56 Å². The molecule has 122 valence electrons. The molecule has 1 atom stereocenters. The van der Waals surface area contributed by atoms with Crippen LogP contribution in [-0.4, -0.2) is 32.9 Å². The quantitative estimate of drug-likeness (QED) is 0.701. The lowest BCUT2D eigenvalue weighted by Gasteiger charge is -2.17. The highest BCUT2D eigenvalue weighted by Crippen LogP contribution is 2.20. The fourth-order valence-electron chi connectivity index (χ4n) is 1.98. The number of methoxy groups -OCH3 is 2. The smallest absolute Gasteiger partial charge is 0.349 e. The molecule has 0 aromatic heterocycles. The van der Waals surface area contributed by atoms with Crippen molar-refractivity contribution >= 4 is 5.97 Å². The highest BCUT2D eigenvalue weighted by Gasteiger charge is 2.22. The van der Waals surface area contributed by atoms with Gasteiger partial charge in [-0.15, -0.1) is 0 Å². The zero-order valence-electron chi connectivity index (χ0n) is 13.2. The molecule has 0 amide bonds. The van der Waals surface area contributed by atoms with Crippen LogP contribution in [0, 0.1) is 0 Å². The van der Waals surface area contributed by atoms with E-state index in [0.29, 0.717) is 18.1 Å². The van der Waals surface area contributed by atoms with Gasteiger partial charge in [0.05, 0.1) is 27.4 Å². The van der Waals surface area contributed by atoms with Crippen molar-refractivity contribution in [3.63, 3.8) is 0 Å². The van der Waals surface area contributed by atoms with Gasteiger partial charge in [0.1, 0.15) is 11.5 Å². The Kier molecular flexibility index (Phi) is 6.44. The molecule has 2 rings (SSSR count). The van der Waals surface area contributed by atoms with E-state index in [1.54, 1.807) is 31.4 Å². The molecule has 2 aromatic carbocycles. The minimum absolute atomic E-state index is 0.0960. The maximum atomic E-state index is 11.9. The van der Waals surface area contributed by atoms with Gasteiger partial charge >= 0.3 is 5.97 Å². The molecular weight excluding hydrogens is 296 g/mol. The molecule has 0 N–H and O–H groups in total. The number of carbonyl (C=O) groups is 1. The molecular formula is C18H20O5. The van der Waals surface area contributed by atoms with Crippen LogP contribution in [0.4, 0.5) is 0 Å². The Balaban J connectivity index is 1.95. The van der Waals surface area contributed by atoms with Crippen LogP contribution in [0.3, 0.4) is 0 Å². The molecule has 0 radical (unpaired) electrons. The summed E-state index contributed by atoms with van der Waals surface area (Å²) in [6.07, 6.45) is -0.837. The molecule has 5 heteroatoms. The van der Waals surface area contributed by atoms with Gasteiger partial charge < -0.3 is 18.9 Å². The SMILES string of the molecule is COC(=O)C(COCc1ccccc1)Oc1cccc(OC)c1. The highest BCUT2D eigenvalue weighted by atomic mass is 16.6. The molecule has 2 aromatic rings. The van der Waals surface area contributed by atoms with Crippen LogP contribution in [-0.2, 0) is 20.9 Å². The first-order chi connectivity index (χ1) is 11.2. The van der Waals surface area contributed by atoms with E-state index < -0.39 is 12.1 Å². The minimum Gasteiger partial charge on any atom is -0.497 e. The lowest BCUT2D eigenvalue weighted by Crippen LogP contribution is -2.33. The maximum Gasteiger partial charge on any atom is 0.349 e. The van der Waals surface area contributed by atoms with Gasteiger partial charge in [0.15, 0.2) is 0 Å². The number of hydrogen-bond donors (Lipinski definition) is 0. The Bertz CT molecular complexity index is 612. The van der Waals surface area contributed by atoms with E-state index in [4.69, 9.17) is 18.9 Å². The Morgan fingerprint density at radius 1 is 1.00 bits per heavy atom. The van der Waals surface area contributed by atoms with Crippen LogP contribution >= 0.6 is 0 Å². The van der Waals surface area contributed by atoms with E-state index in [1.807, 2.05) is 30.3 Å². The van der Waals surface area contributed by atoms with Crippen molar-refractivity contribution in [1.29, 1.82) is 0 Å². The normalized spacial score (nSPS) is 11.6. The lowest BCUT2D eigenvalue weighted by atomic mass is 10.2. The van der Waals surface area contributed by atoms with Gasteiger partial charge in [0.25, 0.3) is 0 Å². The van der Waals surface area contributed by atoms with E-state index >= 15 is 0 Å². The van der Waals surface area contributed by atoms with Crippen LogP contribution < -0.4 is 9.47 Å². The topological polar surface area (TPSA) is 54.0 Å². The second-order valence-corrected chi connectivity index (χ2v) is 4.81. The van der Waals surface area contributed by atoms with Gasteiger partial charge in [-0.1, -0.05) is 36.4 Å². The molecule has 1 unspecified atom stereocenters. The molecule has 23 heavy (non-hydrogen) atoms. The lowest BCUT2D eigenvalue weighted by molar-refractivity contribution is -0.152. The number of esters is 1. The molecule has 0 aliphatic heterocycles. The van der Waals surface area contributed by atoms with E-state index in [-0.39, 0.29) is 6.61 Å². The summed E-state index contributed by atoms with van der Waals surface area (Å²) in [5.74, 6) is 0.681. The minimum atomic E-state index is -0.837. The van der Waals surface area contributed by atoms with Crippen molar-refractivity contribution in [1.82, 2.24) is 0 Å². The van der Waals surface area contributed by atoms with Gasteiger partial charge in [0, 0.05) is 6.07 Å². The van der Waals surface area contributed by atoms with Crippen LogP contribution in [0.15, 0.2) is 54.6 Å². The summed E-state index contributed by atoms with van der Waals surface area (Å²) in [7, 11) is 2.89. The third kappa shape index (κ3) is 5.30. The number of hydrogen-bond acceptors (Lipinski definition) is 5. The molecule has 0 fully saturated rings. The van der Waals surface area contributed by atoms with Gasteiger partial charge in [0.2, 0.25) is 6.10 Å². The molecule has 0 bridgehead atoms. The average Bonchev–Trinajstić information content (AvgIpc) is 2.61.